The van der Waals surface area contributed by atoms with E-state index in [0.29, 0.717) is 11.3 Å². The molecule has 21 heavy (non-hydrogen) atoms. The Morgan fingerprint density at radius 1 is 1.19 bits per heavy atom. The Kier molecular flexibility index (Phi) is 6.06. The summed E-state index contributed by atoms with van der Waals surface area (Å²) < 4.78 is 0. The first-order valence-electron chi connectivity index (χ1n) is 8.75. The van der Waals surface area contributed by atoms with Crippen molar-refractivity contribution in [2.24, 2.45) is 11.3 Å². The van der Waals surface area contributed by atoms with Crippen LogP contribution in [0.2, 0.25) is 0 Å². The van der Waals surface area contributed by atoms with Crippen molar-refractivity contribution in [3.8, 4) is 0 Å². The van der Waals surface area contributed by atoms with E-state index in [1.165, 1.54) is 32.1 Å². The van der Waals surface area contributed by atoms with Crippen LogP contribution in [0.5, 0.6) is 0 Å². The zero-order valence-corrected chi connectivity index (χ0v) is 14.1. The molecule has 4 heteroatoms. The van der Waals surface area contributed by atoms with Gasteiger partial charge in [0.25, 0.3) is 0 Å². The Hall–Kier alpha value is -0.610. The van der Waals surface area contributed by atoms with E-state index in [9.17, 15) is 4.79 Å². The standard InChI is InChI=1S/C17H33N3O/c1-14(2)12-17(6-4-5-7-17)13-19-16(21)15(3)20-10-8-18-9-11-20/h14-15,18H,4-13H2,1-3H3,(H,19,21). The number of nitrogens with one attached hydrogen (secondary N) is 2. The second-order valence-electron chi connectivity index (χ2n) is 7.48. The predicted molar refractivity (Wildman–Crippen MR) is 87.3 cm³/mol. The molecule has 4 nitrogen and oxygen atoms in total. The van der Waals surface area contributed by atoms with E-state index in [0.717, 1.165) is 32.7 Å². The minimum Gasteiger partial charge on any atom is -0.354 e. The molecule has 0 aromatic rings. The van der Waals surface area contributed by atoms with E-state index in [2.05, 4.69) is 29.4 Å². The maximum Gasteiger partial charge on any atom is 0.237 e. The van der Waals surface area contributed by atoms with Crippen LogP contribution in [0, 0.1) is 11.3 Å². The summed E-state index contributed by atoms with van der Waals surface area (Å²) in [5.74, 6) is 0.928. The third-order valence-electron chi connectivity index (χ3n) is 5.22. The number of rotatable bonds is 6. The Labute approximate surface area is 130 Å². The molecule has 122 valence electrons. The van der Waals surface area contributed by atoms with Gasteiger partial charge in [0, 0.05) is 32.7 Å². The van der Waals surface area contributed by atoms with E-state index in [1.807, 2.05) is 6.92 Å². The first-order chi connectivity index (χ1) is 10.0. The number of amides is 1. The normalized spacial score (nSPS) is 24.2. The van der Waals surface area contributed by atoms with E-state index >= 15 is 0 Å². The SMILES string of the molecule is CC(C)CC1(CNC(=O)C(C)N2CCNCC2)CCCC1. The molecule has 1 saturated heterocycles. The molecule has 2 rings (SSSR count). The molecule has 1 saturated carbocycles. The van der Waals surface area contributed by atoms with Crippen LogP contribution in [0.4, 0.5) is 0 Å². The number of hydrogen-bond donors (Lipinski definition) is 2. The summed E-state index contributed by atoms with van der Waals surface area (Å²) in [6, 6.07) is 0.00426. The van der Waals surface area contributed by atoms with Gasteiger partial charge < -0.3 is 10.6 Å². The fraction of sp³-hybridized carbons (Fsp3) is 0.941. The van der Waals surface area contributed by atoms with Crippen molar-refractivity contribution in [1.82, 2.24) is 15.5 Å². The third kappa shape index (κ3) is 4.68. The van der Waals surface area contributed by atoms with Crippen LogP contribution in [0.15, 0.2) is 0 Å². The first kappa shape index (κ1) is 16.8. The molecule has 1 unspecified atom stereocenters. The molecular formula is C17H33N3O. The lowest BCUT2D eigenvalue weighted by Gasteiger charge is -2.34. The number of carbonyl (C=O) groups excluding carboxylic acids is 1. The highest BCUT2D eigenvalue weighted by atomic mass is 16.2. The second kappa shape index (κ2) is 7.59. The van der Waals surface area contributed by atoms with Gasteiger partial charge in [0.05, 0.1) is 6.04 Å². The Morgan fingerprint density at radius 2 is 1.81 bits per heavy atom. The molecule has 0 aromatic carbocycles. The van der Waals surface area contributed by atoms with Crippen LogP contribution in [0.1, 0.15) is 52.9 Å². The summed E-state index contributed by atoms with van der Waals surface area (Å²) in [7, 11) is 0. The lowest BCUT2D eigenvalue weighted by atomic mass is 9.78. The summed E-state index contributed by atoms with van der Waals surface area (Å²) in [5.41, 5.74) is 0.368. The fourth-order valence-electron chi connectivity index (χ4n) is 4.10. The molecule has 1 aliphatic carbocycles. The van der Waals surface area contributed by atoms with Crippen molar-refractivity contribution >= 4 is 5.91 Å². The zero-order valence-electron chi connectivity index (χ0n) is 14.1. The molecule has 1 amide bonds. The highest BCUT2D eigenvalue weighted by molar-refractivity contribution is 5.81. The molecule has 0 radical (unpaired) electrons. The van der Waals surface area contributed by atoms with Crippen molar-refractivity contribution in [1.29, 1.82) is 0 Å². The summed E-state index contributed by atoms with van der Waals surface area (Å²) in [5, 5.41) is 6.61. The number of nitrogens with zero attached hydrogens (tertiary/aromatic N) is 1. The van der Waals surface area contributed by atoms with Gasteiger partial charge in [0.2, 0.25) is 5.91 Å². The molecular weight excluding hydrogens is 262 g/mol. The van der Waals surface area contributed by atoms with Crippen molar-refractivity contribution in [3.05, 3.63) is 0 Å². The molecule has 2 fully saturated rings. The molecule has 1 atom stereocenters. The van der Waals surface area contributed by atoms with Gasteiger partial charge in [-0.25, -0.2) is 0 Å². The average Bonchev–Trinajstić information content (AvgIpc) is 2.93. The van der Waals surface area contributed by atoms with Crippen LogP contribution in [-0.2, 0) is 4.79 Å². The number of carbonyl (C=O) groups is 1. The Bertz CT molecular complexity index is 331. The minimum atomic E-state index is 0.00426. The van der Waals surface area contributed by atoms with Crippen molar-refractivity contribution in [2.75, 3.05) is 32.7 Å². The molecule has 2 aliphatic rings. The van der Waals surface area contributed by atoms with Crippen LogP contribution < -0.4 is 10.6 Å². The average molecular weight is 295 g/mol. The number of piperazine rings is 1. The van der Waals surface area contributed by atoms with Gasteiger partial charge in [-0.15, -0.1) is 0 Å². The highest BCUT2D eigenvalue weighted by Crippen LogP contribution is 2.42. The smallest absolute Gasteiger partial charge is 0.237 e. The molecule has 0 aromatic heterocycles. The molecule has 2 N–H and O–H groups in total. The van der Waals surface area contributed by atoms with Crippen LogP contribution in [-0.4, -0.2) is 49.6 Å². The quantitative estimate of drug-likeness (QED) is 0.788. The van der Waals surface area contributed by atoms with E-state index in [1.54, 1.807) is 0 Å². The van der Waals surface area contributed by atoms with E-state index in [4.69, 9.17) is 0 Å². The van der Waals surface area contributed by atoms with Crippen LogP contribution >= 0.6 is 0 Å². The van der Waals surface area contributed by atoms with Gasteiger partial charge in [-0.1, -0.05) is 26.7 Å². The molecule has 1 heterocycles. The maximum absolute atomic E-state index is 12.5. The van der Waals surface area contributed by atoms with Crippen molar-refractivity contribution in [3.63, 3.8) is 0 Å². The Balaban J connectivity index is 1.83. The van der Waals surface area contributed by atoms with Crippen molar-refractivity contribution in [2.45, 2.75) is 58.9 Å². The largest absolute Gasteiger partial charge is 0.354 e. The van der Waals surface area contributed by atoms with Crippen LogP contribution in [0.3, 0.4) is 0 Å². The monoisotopic (exact) mass is 295 g/mol. The fourth-order valence-corrected chi connectivity index (χ4v) is 4.10. The van der Waals surface area contributed by atoms with Gasteiger partial charge >= 0.3 is 0 Å². The van der Waals surface area contributed by atoms with Gasteiger partial charge in [-0.05, 0) is 37.5 Å². The Morgan fingerprint density at radius 3 is 2.38 bits per heavy atom. The van der Waals surface area contributed by atoms with Gasteiger partial charge in [-0.3, -0.25) is 9.69 Å². The van der Waals surface area contributed by atoms with Gasteiger partial charge in [0.1, 0.15) is 0 Å². The summed E-state index contributed by atoms with van der Waals surface area (Å²) >= 11 is 0. The van der Waals surface area contributed by atoms with Gasteiger partial charge in [0.15, 0.2) is 0 Å². The summed E-state index contributed by atoms with van der Waals surface area (Å²) in [6.45, 7) is 11.5. The second-order valence-corrected chi connectivity index (χ2v) is 7.48. The van der Waals surface area contributed by atoms with E-state index < -0.39 is 0 Å². The van der Waals surface area contributed by atoms with E-state index in [-0.39, 0.29) is 11.9 Å². The topological polar surface area (TPSA) is 44.4 Å². The lowest BCUT2D eigenvalue weighted by molar-refractivity contribution is -0.126. The maximum atomic E-state index is 12.5. The van der Waals surface area contributed by atoms with Crippen molar-refractivity contribution < 1.29 is 4.79 Å². The van der Waals surface area contributed by atoms with Gasteiger partial charge in [-0.2, -0.15) is 0 Å². The zero-order chi connectivity index (χ0) is 15.3. The molecule has 1 aliphatic heterocycles. The molecule has 0 bridgehead atoms. The predicted octanol–water partition coefficient (Wildman–Crippen LogP) is 2.00. The summed E-state index contributed by atoms with van der Waals surface area (Å²) in [4.78, 5) is 14.7. The first-order valence-corrected chi connectivity index (χ1v) is 8.75. The minimum absolute atomic E-state index is 0.00426. The number of hydrogen-bond acceptors (Lipinski definition) is 3. The lowest BCUT2D eigenvalue weighted by Crippen LogP contribution is -2.53. The third-order valence-corrected chi connectivity index (χ3v) is 5.22. The van der Waals surface area contributed by atoms with Crippen LogP contribution in [0.25, 0.3) is 0 Å². The molecule has 0 spiro atoms. The highest BCUT2D eigenvalue weighted by Gasteiger charge is 2.35. The summed E-state index contributed by atoms with van der Waals surface area (Å²) in [6.07, 6.45) is 6.47.